The van der Waals surface area contributed by atoms with Crippen LogP contribution in [0.3, 0.4) is 0 Å². The summed E-state index contributed by atoms with van der Waals surface area (Å²) in [5.41, 5.74) is -0.322. The summed E-state index contributed by atoms with van der Waals surface area (Å²) >= 11 is 0. The zero-order valence-electron chi connectivity index (χ0n) is 19.1. The highest BCUT2D eigenvalue weighted by Gasteiger charge is 2.45. The average Bonchev–Trinajstić information content (AvgIpc) is 3.19. The molecule has 1 heterocycles. The lowest BCUT2D eigenvalue weighted by molar-refractivity contribution is -0.166. The van der Waals surface area contributed by atoms with Crippen LogP contribution in [-0.2, 0) is 25.2 Å². The molecule has 0 bridgehead atoms. The monoisotopic (exact) mass is 496 g/mol. The minimum atomic E-state index is -4.47. The van der Waals surface area contributed by atoms with E-state index < -0.39 is 41.8 Å². The van der Waals surface area contributed by atoms with Crippen LogP contribution in [0.25, 0.3) is 6.08 Å². The van der Waals surface area contributed by atoms with Crippen molar-refractivity contribution in [2.24, 2.45) is 0 Å². The van der Waals surface area contributed by atoms with Gasteiger partial charge < -0.3 is 14.6 Å². The number of ether oxygens (including phenoxy) is 2. The van der Waals surface area contributed by atoms with Crippen LogP contribution in [0.4, 0.5) is 13.2 Å². The minimum Gasteiger partial charge on any atom is -0.461 e. The smallest absolute Gasteiger partial charge is 0.416 e. The van der Waals surface area contributed by atoms with Crippen LogP contribution in [0.5, 0.6) is 0 Å². The summed E-state index contributed by atoms with van der Waals surface area (Å²) < 4.78 is 49.3. The third-order valence-electron chi connectivity index (χ3n) is 5.93. The van der Waals surface area contributed by atoms with E-state index in [1.807, 2.05) is 36.4 Å². The number of alkyl halides is 3. The van der Waals surface area contributed by atoms with Gasteiger partial charge in [0.05, 0.1) is 12.2 Å². The number of aliphatic hydroxyl groups is 1. The van der Waals surface area contributed by atoms with Gasteiger partial charge >= 0.3 is 18.1 Å². The lowest BCUT2D eigenvalue weighted by Gasteiger charge is -2.26. The number of carbonyl (C=O) groups excluding carboxylic acids is 2. The summed E-state index contributed by atoms with van der Waals surface area (Å²) in [6.45, 7) is -0.980. The zero-order valence-corrected chi connectivity index (χ0v) is 19.1. The summed E-state index contributed by atoms with van der Waals surface area (Å²) in [5, 5.41) is 10.0. The Hall–Kier alpha value is -3.91. The predicted molar refractivity (Wildman–Crippen MR) is 126 cm³/mol. The van der Waals surface area contributed by atoms with Crippen LogP contribution < -0.4 is 0 Å². The topological polar surface area (TPSA) is 72.8 Å². The second-order valence-corrected chi connectivity index (χ2v) is 8.56. The number of aliphatic hydroxyl groups excluding tert-OH is 1. The van der Waals surface area contributed by atoms with E-state index >= 15 is 0 Å². The maximum atomic E-state index is 13.2. The molecule has 0 amide bonds. The molecule has 1 atom stereocenters. The van der Waals surface area contributed by atoms with Gasteiger partial charge in [0.15, 0.2) is 5.60 Å². The molecule has 1 unspecified atom stereocenters. The van der Waals surface area contributed by atoms with Gasteiger partial charge in [0, 0.05) is 12.0 Å². The van der Waals surface area contributed by atoms with Crippen molar-refractivity contribution in [3.63, 3.8) is 0 Å². The van der Waals surface area contributed by atoms with Gasteiger partial charge in [-0.05, 0) is 34.9 Å². The van der Waals surface area contributed by atoms with Gasteiger partial charge in [-0.15, -0.1) is 0 Å². The van der Waals surface area contributed by atoms with E-state index in [2.05, 4.69) is 0 Å². The number of carbonyl (C=O) groups is 2. The highest BCUT2D eigenvalue weighted by Crippen LogP contribution is 2.34. The highest BCUT2D eigenvalue weighted by molar-refractivity contribution is 5.96. The molecule has 8 heteroatoms. The van der Waals surface area contributed by atoms with E-state index in [9.17, 15) is 27.9 Å². The zero-order chi connectivity index (χ0) is 25.8. The Bertz CT molecular complexity index is 1200. The fourth-order valence-corrected chi connectivity index (χ4v) is 4.05. The van der Waals surface area contributed by atoms with Gasteiger partial charge in [-0.1, -0.05) is 72.8 Å². The number of halogens is 3. The second-order valence-electron chi connectivity index (χ2n) is 8.56. The number of cyclic esters (lactones) is 1. The maximum Gasteiger partial charge on any atom is 0.416 e. The highest BCUT2D eigenvalue weighted by atomic mass is 19.4. The average molecular weight is 496 g/mol. The molecule has 0 aliphatic carbocycles. The first-order valence-corrected chi connectivity index (χ1v) is 11.2. The number of esters is 2. The van der Waals surface area contributed by atoms with E-state index in [0.29, 0.717) is 5.56 Å². The van der Waals surface area contributed by atoms with E-state index in [-0.39, 0.29) is 18.6 Å². The number of hydrogen-bond donors (Lipinski definition) is 1. The van der Waals surface area contributed by atoms with E-state index in [1.54, 1.807) is 24.3 Å². The predicted octanol–water partition coefficient (Wildman–Crippen LogP) is 5.14. The Morgan fingerprint density at radius 1 is 0.972 bits per heavy atom. The van der Waals surface area contributed by atoms with Gasteiger partial charge in [0.1, 0.15) is 12.5 Å². The van der Waals surface area contributed by atoms with Crippen LogP contribution in [-0.4, -0.2) is 35.9 Å². The van der Waals surface area contributed by atoms with E-state index in [0.717, 1.165) is 23.3 Å². The van der Waals surface area contributed by atoms with Crippen molar-refractivity contribution in [1.29, 1.82) is 0 Å². The standard InChI is InChI=1S/C28H23F3O5/c29-28(30,31)23-13-11-19(12-14-23)15-22-16-27(17-32,36-25(22)33)18-35-26(34)24(20-7-3-1-4-8-20)21-9-5-2-6-10-21/h1-15,24,32H,16-18H2/b22-15+. The molecular formula is C28H23F3O5. The van der Waals surface area contributed by atoms with Gasteiger partial charge in [-0.3, -0.25) is 4.79 Å². The SMILES string of the molecule is O=C1OC(CO)(COC(=O)C(c2ccccc2)c2ccccc2)C/C1=C\c1ccc(C(F)(F)F)cc1. The molecule has 3 aromatic carbocycles. The summed E-state index contributed by atoms with van der Waals surface area (Å²) in [5.74, 6) is -2.03. The van der Waals surface area contributed by atoms with Crippen LogP contribution in [0.2, 0.25) is 0 Å². The molecule has 1 saturated heterocycles. The van der Waals surface area contributed by atoms with Crippen molar-refractivity contribution in [3.05, 3.63) is 113 Å². The molecule has 0 spiro atoms. The van der Waals surface area contributed by atoms with Crippen LogP contribution in [0.1, 0.15) is 34.6 Å². The van der Waals surface area contributed by atoms with Gasteiger partial charge in [-0.25, -0.2) is 4.79 Å². The van der Waals surface area contributed by atoms with Crippen molar-refractivity contribution >= 4 is 18.0 Å². The molecule has 186 valence electrons. The lowest BCUT2D eigenvalue weighted by Crippen LogP contribution is -2.40. The molecule has 1 N–H and O–H groups in total. The fourth-order valence-electron chi connectivity index (χ4n) is 4.05. The third kappa shape index (κ3) is 5.66. The lowest BCUT2D eigenvalue weighted by atomic mass is 9.91. The van der Waals surface area contributed by atoms with Gasteiger partial charge in [-0.2, -0.15) is 13.2 Å². The van der Waals surface area contributed by atoms with Crippen molar-refractivity contribution in [1.82, 2.24) is 0 Å². The Balaban J connectivity index is 1.50. The van der Waals surface area contributed by atoms with Crippen LogP contribution >= 0.6 is 0 Å². The van der Waals surface area contributed by atoms with Crippen molar-refractivity contribution in [2.75, 3.05) is 13.2 Å². The van der Waals surface area contributed by atoms with E-state index in [1.165, 1.54) is 18.2 Å². The first-order valence-electron chi connectivity index (χ1n) is 11.2. The van der Waals surface area contributed by atoms with Gasteiger partial charge in [0.2, 0.25) is 0 Å². The van der Waals surface area contributed by atoms with Crippen LogP contribution in [0.15, 0.2) is 90.5 Å². The molecule has 5 nitrogen and oxygen atoms in total. The van der Waals surface area contributed by atoms with Crippen LogP contribution in [0, 0.1) is 0 Å². The van der Waals surface area contributed by atoms with Crippen molar-refractivity contribution in [2.45, 2.75) is 24.1 Å². The third-order valence-corrected chi connectivity index (χ3v) is 5.93. The molecule has 1 aliphatic rings. The Morgan fingerprint density at radius 3 is 2.03 bits per heavy atom. The first-order chi connectivity index (χ1) is 17.2. The Morgan fingerprint density at radius 2 is 1.53 bits per heavy atom. The molecular weight excluding hydrogens is 473 g/mol. The molecule has 3 aromatic rings. The Kier molecular flexibility index (Phi) is 7.26. The molecule has 1 aliphatic heterocycles. The summed E-state index contributed by atoms with van der Waals surface area (Å²) in [6, 6.07) is 22.5. The molecule has 0 radical (unpaired) electrons. The quantitative estimate of drug-likeness (QED) is 0.362. The molecule has 0 aromatic heterocycles. The fraction of sp³-hybridized carbons (Fsp3) is 0.214. The van der Waals surface area contributed by atoms with Gasteiger partial charge in [0.25, 0.3) is 0 Å². The molecule has 1 fully saturated rings. The normalized spacial score (nSPS) is 18.9. The maximum absolute atomic E-state index is 13.2. The minimum absolute atomic E-state index is 0.0715. The van der Waals surface area contributed by atoms with E-state index in [4.69, 9.17) is 9.47 Å². The second kappa shape index (κ2) is 10.4. The number of benzene rings is 3. The largest absolute Gasteiger partial charge is 0.461 e. The molecule has 4 rings (SSSR count). The number of hydrogen-bond acceptors (Lipinski definition) is 5. The summed E-state index contributed by atoms with van der Waals surface area (Å²) in [4.78, 5) is 25.7. The van der Waals surface area contributed by atoms with Crippen molar-refractivity contribution in [3.8, 4) is 0 Å². The van der Waals surface area contributed by atoms with Crippen molar-refractivity contribution < 1.29 is 37.3 Å². The summed E-state index contributed by atoms with van der Waals surface area (Å²) in [6.07, 6.45) is -3.14. The Labute approximate surface area is 205 Å². The first kappa shape index (κ1) is 25.2. The number of rotatable bonds is 7. The molecule has 0 saturated carbocycles. The molecule has 36 heavy (non-hydrogen) atoms. The summed E-state index contributed by atoms with van der Waals surface area (Å²) in [7, 11) is 0.